The van der Waals surface area contributed by atoms with Crippen molar-refractivity contribution < 1.29 is 9.53 Å². The van der Waals surface area contributed by atoms with Gasteiger partial charge in [-0.05, 0) is 42.5 Å². The number of carbonyl (C=O) groups is 1. The smallest absolute Gasteiger partial charge is 0.238 e. The van der Waals surface area contributed by atoms with Gasteiger partial charge in [0.2, 0.25) is 5.91 Å². The molecule has 5 heteroatoms. The van der Waals surface area contributed by atoms with E-state index in [1.807, 2.05) is 6.07 Å². The van der Waals surface area contributed by atoms with Crippen molar-refractivity contribution in [2.24, 2.45) is 5.73 Å². The Morgan fingerprint density at radius 1 is 1.38 bits per heavy atom. The Hall–Kier alpha value is -1.43. The molecule has 0 spiro atoms. The summed E-state index contributed by atoms with van der Waals surface area (Å²) in [5.41, 5.74) is 9.33. The largest absolute Gasteiger partial charge is 0.374 e. The molecule has 0 radical (unpaired) electrons. The van der Waals surface area contributed by atoms with Gasteiger partial charge in [0.1, 0.15) is 0 Å². The molecule has 1 atom stereocenters. The van der Waals surface area contributed by atoms with Crippen molar-refractivity contribution in [3.8, 4) is 0 Å². The maximum Gasteiger partial charge on any atom is 0.238 e. The minimum Gasteiger partial charge on any atom is -0.374 e. The van der Waals surface area contributed by atoms with Gasteiger partial charge < -0.3 is 15.8 Å². The summed E-state index contributed by atoms with van der Waals surface area (Å²) in [5, 5.41) is 3.00. The van der Waals surface area contributed by atoms with E-state index >= 15 is 0 Å². The predicted molar refractivity (Wildman–Crippen MR) is 82.3 cm³/mol. The highest BCUT2D eigenvalue weighted by Crippen LogP contribution is 2.24. The summed E-state index contributed by atoms with van der Waals surface area (Å²) >= 11 is 0. The molecule has 0 saturated carbocycles. The Morgan fingerprint density at radius 3 is 3.10 bits per heavy atom. The van der Waals surface area contributed by atoms with Crippen LogP contribution in [0.1, 0.15) is 17.5 Å². The first-order valence-electron chi connectivity index (χ1n) is 7.70. The molecule has 1 saturated heterocycles. The quantitative estimate of drug-likeness (QED) is 0.859. The Balaban J connectivity index is 1.54. The van der Waals surface area contributed by atoms with Crippen LogP contribution in [0.25, 0.3) is 0 Å². The maximum absolute atomic E-state index is 12.2. The van der Waals surface area contributed by atoms with E-state index in [4.69, 9.17) is 10.5 Å². The summed E-state index contributed by atoms with van der Waals surface area (Å²) in [6.07, 6.45) is 3.56. The predicted octanol–water partition coefficient (Wildman–Crippen LogP) is 0.773. The lowest BCUT2D eigenvalue weighted by atomic mass is 10.1. The summed E-state index contributed by atoms with van der Waals surface area (Å²) < 4.78 is 5.51. The van der Waals surface area contributed by atoms with E-state index in [1.54, 1.807) is 0 Å². The van der Waals surface area contributed by atoms with Crippen molar-refractivity contribution in [1.82, 2.24) is 4.90 Å². The lowest BCUT2D eigenvalue weighted by molar-refractivity contribution is -0.119. The second-order valence-corrected chi connectivity index (χ2v) is 5.85. The molecule has 3 rings (SSSR count). The number of aryl methyl sites for hydroxylation is 2. The number of fused-ring (bicyclic) bond motifs is 1. The van der Waals surface area contributed by atoms with Gasteiger partial charge in [0.05, 0.1) is 19.3 Å². The average Bonchev–Trinajstić information content (AvgIpc) is 2.95. The number of hydrogen-bond donors (Lipinski definition) is 2. The van der Waals surface area contributed by atoms with Gasteiger partial charge in [-0.3, -0.25) is 9.69 Å². The molecular formula is C16H23N3O2. The SMILES string of the molecule is NCC1CN(CC(=O)Nc2ccc3c(c2)CCC3)CCO1. The molecule has 1 aliphatic carbocycles. The fraction of sp³-hybridized carbons (Fsp3) is 0.562. The second kappa shape index (κ2) is 6.56. The van der Waals surface area contributed by atoms with E-state index in [1.165, 1.54) is 17.5 Å². The van der Waals surface area contributed by atoms with Crippen LogP contribution in [0.2, 0.25) is 0 Å². The minimum absolute atomic E-state index is 0.0330. The number of rotatable bonds is 4. The van der Waals surface area contributed by atoms with Gasteiger partial charge in [-0.25, -0.2) is 0 Å². The zero-order valence-corrected chi connectivity index (χ0v) is 12.3. The van der Waals surface area contributed by atoms with Crippen LogP contribution >= 0.6 is 0 Å². The van der Waals surface area contributed by atoms with Crippen LogP contribution in [0.3, 0.4) is 0 Å². The van der Waals surface area contributed by atoms with Crippen LogP contribution < -0.4 is 11.1 Å². The second-order valence-electron chi connectivity index (χ2n) is 5.85. The summed E-state index contributed by atoms with van der Waals surface area (Å²) in [6, 6.07) is 6.25. The third-order valence-corrected chi connectivity index (χ3v) is 4.24. The molecule has 5 nitrogen and oxygen atoms in total. The number of amides is 1. The standard InChI is InChI=1S/C16H23N3O2/c17-9-15-10-19(6-7-21-15)11-16(20)18-14-5-4-12-2-1-3-13(12)8-14/h4-5,8,15H,1-3,6-7,9-11,17H2,(H,18,20). The molecule has 2 aliphatic rings. The number of benzene rings is 1. The fourth-order valence-electron chi connectivity index (χ4n) is 3.12. The summed E-state index contributed by atoms with van der Waals surface area (Å²) in [6.45, 7) is 3.07. The van der Waals surface area contributed by atoms with E-state index in [2.05, 4.69) is 22.3 Å². The molecule has 1 amide bonds. The molecular weight excluding hydrogens is 266 g/mol. The van der Waals surface area contributed by atoms with Gasteiger partial charge in [0, 0.05) is 25.3 Å². The Morgan fingerprint density at radius 2 is 2.24 bits per heavy atom. The van der Waals surface area contributed by atoms with Crippen molar-refractivity contribution in [2.45, 2.75) is 25.4 Å². The lowest BCUT2D eigenvalue weighted by Gasteiger charge is -2.31. The number of carbonyl (C=O) groups excluding carboxylic acids is 1. The van der Waals surface area contributed by atoms with E-state index in [9.17, 15) is 4.79 Å². The highest BCUT2D eigenvalue weighted by molar-refractivity contribution is 5.92. The molecule has 0 aromatic heterocycles. The molecule has 0 bridgehead atoms. The first kappa shape index (κ1) is 14.5. The van der Waals surface area contributed by atoms with Crippen molar-refractivity contribution >= 4 is 11.6 Å². The van der Waals surface area contributed by atoms with Gasteiger partial charge in [0.15, 0.2) is 0 Å². The minimum atomic E-state index is 0.0330. The van der Waals surface area contributed by atoms with Crippen molar-refractivity contribution in [3.63, 3.8) is 0 Å². The summed E-state index contributed by atoms with van der Waals surface area (Å²) in [4.78, 5) is 14.3. The average molecular weight is 289 g/mol. The number of nitrogens with one attached hydrogen (secondary N) is 1. The van der Waals surface area contributed by atoms with Crippen LogP contribution in [0.15, 0.2) is 18.2 Å². The topological polar surface area (TPSA) is 67.6 Å². The first-order valence-corrected chi connectivity index (χ1v) is 7.70. The van der Waals surface area contributed by atoms with Crippen LogP contribution in [-0.4, -0.2) is 49.7 Å². The van der Waals surface area contributed by atoms with Crippen molar-refractivity contribution in [3.05, 3.63) is 29.3 Å². The molecule has 1 aliphatic heterocycles. The van der Waals surface area contributed by atoms with Gasteiger partial charge in [-0.2, -0.15) is 0 Å². The molecule has 21 heavy (non-hydrogen) atoms. The monoisotopic (exact) mass is 289 g/mol. The van der Waals surface area contributed by atoms with Gasteiger partial charge >= 0.3 is 0 Å². The summed E-state index contributed by atoms with van der Waals surface area (Å²) in [5.74, 6) is 0.0330. The molecule has 1 aromatic carbocycles. The van der Waals surface area contributed by atoms with E-state index in [0.717, 1.165) is 31.6 Å². The highest BCUT2D eigenvalue weighted by atomic mass is 16.5. The molecule has 1 aromatic rings. The fourth-order valence-corrected chi connectivity index (χ4v) is 3.12. The van der Waals surface area contributed by atoms with Gasteiger partial charge in [0.25, 0.3) is 0 Å². The number of hydrogen-bond acceptors (Lipinski definition) is 4. The zero-order valence-electron chi connectivity index (χ0n) is 12.3. The molecule has 1 unspecified atom stereocenters. The van der Waals surface area contributed by atoms with Crippen molar-refractivity contribution in [1.29, 1.82) is 0 Å². The molecule has 114 valence electrons. The number of anilines is 1. The van der Waals surface area contributed by atoms with E-state index in [0.29, 0.717) is 19.7 Å². The van der Waals surface area contributed by atoms with Crippen LogP contribution in [-0.2, 0) is 22.4 Å². The highest BCUT2D eigenvalue weighted by Gasteiger charge is 2.21. The zero-order chi connectivity index (χ0) is 14.7. The first-order chi connectivity index (χ1) is 10.2. The summed E-state index contributed by atoms with van der Waals surface area (Å²) in [7, 11) is 0. The number of morpholine rings is 1. The van der Waals surface area contributed by atoms with Crippen LogP contribution in [0.5, 0.6) is 0 Å². The number of ether oxygens (including phenoxy) is 1. The van der Waals surface area contributed by atoms with Crippen LogP contribution in [0, 0.1) is 0 Å². The van der Waals surface area contributed by atoms with Crippen LogP contribution in [0.4, 0.5) is 5.69 Å². The number of nitrogens with two attached hydrogens (primary N) is 1. The Bertz CT molecular complexity index is 518. The van der Waals surface area contributed by atoms with Crippen molar-refractivity contribution in [2.75, 3.05) is 38.1 Å². The molecule has 1 heterocycles. The normalized spacial score (nSPS) is 22.0. The van der Waals surface area contributed by atoms with E-state index < -0.39 is 0 Å². The Kier molecular flexibility index (Phi) is 4.53. The van der Waals surface area contributed by atoms with E-state index in [-0.39, 0.29) is 12.0 Å². The van der Waals surface area contributed by atoms with Gasteiger partial charge in [-0.1, -0.05) is 6.07 Å². The third kappa shape index (κ3) is 3.61. The molecule has 3 N–H and O–H groups in total. The number of nitrogens with zero attached hydrogens (tertiary/aromatic N) is 1. The van der Waals surface area contributed by atoms with Gasteiger partial charge in [-0.15, -0.1) is 0 Å². The third-order valence-electron chi connectivity index (χ3n) is 4.24. The maximum atomic E-state index is 12.2. The Labute approximate surface area is 125 Å². The lowest BCUT2D eigenvalue weighted by Crippen LogP contribution is -2.48. The molecule has 1 fully saturated rings.